The van der Waals surface area contributed by atoms with Crippen molar-refractivity contribution in [2.75, 3.05) is 11.0 Å². The van der Waals surface area contributed by atoms with Crippen LogP contribution < -0.4 is 4.72 Å². The summed E-state index contributed by atoms with van der Waals surface area (Å²) in [6.07, 6.45) is 1.48. The van der Waals surface area contributed by atoms with E-state index in [1.54, 1.807) is 55.5 Å². The highest BCUT2D eigenvalue weighted by Crippen LogP contribution is 2.39. The first-order chi connectivity index (χ1) is 15.6. The summed E-state index contributed by atoms with van der Waals surface area (Å²) in [5.41, 5.74) is 4.31. The molecule has 0 saturated heterocycles. The Morgan fingerprint density at radius 3 is 2.06 bits per heavy atom. The summed E-state index contributed by atoms with van der Waals surface area (Å²) in [7, 11) is -7.29. The number of nitrogens with zero attached hydrogens (tertiary/aromatic N) is 2. The van der Waals surface area contributed by atoms with Gasteiger partial charge in [0, 0.05) is 12.1 Å². The molecular formula is C24H25N3O4S2. The van der Waals surface area contributed by atoms with Crippen molar-refractivity contribution in [2.45, 2.75) is 31.2 Å². The fourth-order valence-electron chi connectivity index (χ4n) is 3.97. The Hall–Kier alpha value is -3.17. The smallest absolute Gasteiger partial charge is 0.279 e. The van der Waals surface area contributed by atoms with E-state index in [0.29, 0.717) is 23.4 Å². The number of nitrogens with one attached hydrogen (secondary N) is 1. The Balaban J connectivity index is 1.77. The molecular weight excluding hydrogens is 458 g/mol. The van der Waals surface area contributed by atoms with Crippen molar-refractivity contribution in [3.05, 3.63) is 95.1 Å². The molecule has 0 amide bonds. The first-order valence-electron chi connectivity index (χ1n) is 10.4. The Bertz CT molecular complexity index is 1430. The highest BCUT2D eigenvalue weighted by molar-refractivity contribution is 7.92. The van der Waals surface area contributed by atoms with Crippen LogP contribution in [0.5, 0.6) is 0 Å². The minimum Gasteiger partial charge on any atom is -0.284 e. The van der Waals surface area contributed by atoms with E-state index in [2.05, 4.69) is 9.82 Å². The van der Waals surface area contributed by atoms with Crippen molar-refractivity contribution in [3.8, 4) is 0 Å². The Morgan fingerprint density at radius 1 is 0.848 bits per heavy atom. The molecule has 1 atom stereocenters. The van der Waals surface area contributed by atoms with Gasteiger partial charge in [-0.3, -0.25) is 4.72 Å². The molecule has 0 fully saturated rings. The first-order valence-corrected chi connectivity index (χ1v) is 13.7. The van der Waals surface area contributed by atoms with Gasteiger partial charge in [0.1, 0.15) is 0 Å². The second-order valence-corrected chi connectivity index (χ2v) is 11.6. The van der Waals surface area contributed by atoms with Gasteiger partial charge in [-0.1, -0.05) is 54.6 Å². The molecule has 0 aromatic heterocycles. The fraction of sp³-hybridized carbons (Fsp3) is 0.208. The summed E-state index contributed by atoms with van der Waals surface area (Å²) in [5.74, 6) is 0. The number of hydrogen-bond donors (Lipinski definition) is 1. The molecule has 4 rings (SSSR count). The molecule has 0 aliphatic carbocycles. The van der Waals surface area contributed by atoms with Gasteiger partial charge in [0.05, 0.1) is 22.9 Å². The summed E-state index contributed by atoms with van der Waals surface area (Å²) in [5, 5.41) is 4.57. The molecule has 3 aromatic rings. The Labute approximate surface area is 194 Å². The SMILES string of the molecule is Cc1ccccc1C1CC(c2ccc(NS(C)(=O)=O)cc2)=NN1S(=O)(=O)c1ccccc1C. The quantitative estimate of drug-likeness (QED) is 0.568. The lowest BCUT2D eigenvalue weighted by molar-refractivity contribution is 0.370. The van der Waals surface area contributed by atoms with E-state index in [9.17, 15) is 16.8 Å². The summed E-state index contributed by atoms with van der Waals surface area (Å²) >= 11 is 0. The van der Waals surface area contributed by atoms with Gasteiger partial charge in [0.2, 0.25) is 10.0 Å². The van der Waals surface area contributed by atoms with Crippen LogP contribution in [-0.2, 0) is 20.0 Å². The van der Waals surface area contributed by atoms with Crippen LogP contribution in [0.1, 0.15) is 34.7 Å². The van der Waals surface area contributed by atoms with Crippen LogP contribution in [0, 0.1) is 13.8 Å². The van der Waals surface area contributed by atoms with Gasteiger partial charge >= 0.3 is 0 Å². The summed E-state index contributed by atoms with van der Waals surface area (Å²) in [6.45, 7) is 3.72. The maximum absolute atomic E-state index is 13.7. The van der Waals surface area contributed by atoms with E-state index in [0.717, 1.165) is 22.9 Å². The average Bonchev–Trinajstić information content (AvgIpc) is 3.20. The number of rotatable bonds is 6. The van der Waals surface area contributed by atoms with Gasteiger partial charge in [-0.05, 0) is 54.3 Å². The van der Waals surface area contributed by atoms with Gasteiger partial charge in [0.15, 0.2) is 0 Å². The Kier molecular flexibility index (Phi) is 6.02. The number of aryl methyl sites for hydroxylation is 2. The van der Waals surface area contributed by atoms with E-state index in [1.165, 1.54) is 4.41 Å². The van der Waals surface area contributed by atoms with E-state index in [1.807, 2.05) is 31.2 Å². The highest BCUT2D eigenvalue weighted by Gasteiger charge is 2.38. The molecule has 7 nitrogen and oxygen atoms in total. The molecule has 1 aliphatic rings. The lowest BCUT2D eigenvalue weighted by Gasteiger charge is -2.25. The number of benzene rings is 3. The zero-order valence-electron chi connectivity index (χ0n) is 18.6. The number of sulfonamides is 2. The Morgan fingerprint density at radius 2 is 1.45 bits per heavy atom. The van der Waals surface area contributed by atoms with Gasteiger partial charge in [-0.15, -0.1) is 0 Å². The molecule has 0 saturated carbocycles. The molecule has 0 bridgehead atoms. The second kappa shape index (κ2) is 8.64. The largest absolute Gasteiger partial charge is 0.284 e. The lowest BCUT2D eigenvalue weighted by atomic mass is 9.96. The lowest BCUT2D eigenvalue weighted by Crippen LogP contribution is -2.28. The van der Waals surface area contributed by atoms with Crippen LogP contribution in [0.15, 0.2) is 82.8 Å². The minimum atomic E-state index is -3.90. The molecule has 172 valence electrons. The van der Waals surface area contributed by atoms with Crippen LogP contribution in [0.4, 0.5) is 5.69 Å². The van der Waals surface area contributed by atoms with Crippen molar-refractivity contribution in [2.24, 2.45) is 5.10 Å². The van der Waals surface area contributed by atoms with Crippen molar-refractivity contribution >= 4 is 31.4 Å². The maximum Gasteiger partial charge on any atom is 0.279 e. The third-order valence-corrected chi connectivity index (χ3v) is 8.01. The topological polar surface area (TPSA) is 95.9 Å². The zero-order chi connectivity index (χ0) is 23.8. The van der Waals surface area contributed by atoms with Crippen molar-refractivity contribution in [3.63, 3.8) is 0 Å². The molecule has 0 spiro atoms. The average molecular weight is 484 g/mol. The van der Waals surface area contributed by atoms with Gasteiger partial charge in [0.25, 0.3) is 10.0 Å². The van der Waals surface area contributed by atoms with Crippen molar-refractivity contribution in [1.82, 2.24) is 4.41 Å². The number of anilines is 1. The van der Waals surface area contributed by atoms with Crippen LogP contribution in [0.3, 0.4) is 0 Å². The predicted molar refractivity (Wildman–Crippen MR) is 130 cm³/mol. The van der Waals surface area contributed by atoms with Crippen LogP contribution in [0.2, 0.25) is 0 Å². The molecule has 1 aliphatic heterocycles. The van der Waals surface area contributed by atoms with Crippen LogP contribution in [0.25, 0.3) is 0 Å². The van der Waals surface area contributed by atoms with E-state index < -0.39 is 26.1 Å². The normalized spacial score (nSPS) is 16.5. The third-order valence-electron chi connectivity index (χ3n) is 5.56. The standard InChI is InChI=1S/C24H25N3O4S2/c1-17-8-4-6-10-21(17)23-16-22(19-12-14-20(15-13-19)26-32(3,28)29)25-27(23)33(30,31)24-11-7-5-9-18(24)2/h4-15,23,26H,16H2,1-3H3. The maximum atomic E-state index is 13.7. The molecule has 3 aromatic carbocycles. The van der Waals surface area contributed by atoms with E-state index >= 15 is 0 Å². The zero-order valence-corrected chi connectivity index (χ0v) is 20.2. The third kappa shape index (κ3) is 4.79. The van der Waals surface area contributed by atoms with Gasteiger partial charge < -0.3 is 0 Å². The summed E-state index contributed by atoms with van der Waals surface area (Å²) < 4.78 is 54.0. The van der Waals surface area contributed by atoms with Gasteiger partial charge in [-0.2, -0.15) is 17.9 Å². The number of hydrazone groups is 1. The van der Waals surface area contributed by atoms with Crippen LogP contribution in [-0.4, -0.2) is 33.2 Å². The number of hydrogen-bond acceptors (Lipinski definition) is 5. The van der Waals surface area contributed by atoms with Crippen molar-refractivity contribution < 1.29 is 16.8 Å². The molecule has 0 radical (unpaired) electrons. The van der Waals surface area contributed by atoms with Crippen molar-refractivity contribution in [1.29, 1.82) is 0 Å². The molecule has 33 heavy (non-hydrogen) atoms. The van der Waals surface area contributed by atoms with Gasteiger partial charge in [-0.25, -0.2) is 8.42 Å². The molecule has 1 unspecified atom stereocenters. The predicted octanol–water partition coefficient (Wildman–Crippen LogP) is 4.21. The fourth-order valence-corrected chi connectivity index (χ4v) is 6.19. The van der Waals surface area contributed by atoms with E-state index in [-0.39, 0.29) is 4.90 Å². The molecule has 1 N–H and O–H groups in total. The monoisotopic (exact) mass is 483 g/mol. The summed E-state index contributed by atoms with van der Waals surface area (Å²) in [4.78, 5) is 0.223. The summed E-state index contributed by atoms with van der Waals surface area (Å²) in [6, 6.07) is 20.8. The molecule has 9 heteroatoms. The molecule has 1 heterocycles. The second-order valence-electron chi connectivity index (χ2n) is 8.12. The minimum absolute atomic E-state index is 0.223. The van der Waals surface area contributed by atoms with E-state index in [4.69, 9.17) is 0 Å². The first kappa shape index (κ1) is 23.0. The van der Waals surface area contributed by atoms with Crippen LogP contribution >= 0.6 is 0 Å². The highest BCUT2D eigenvalue weighted by atomic mass is 32.2.